The molecule has 3 aromatic rings. The molecular formula is C31H39N3O4S. The van der Waals surface area contributed by atoms with Crippen LogP contribution in [0, 0.1) is 20.8 Å². The number of hydrogen-bond acceptors (Lipinski definition) is 4. The molecule has 0 bridgehead atoms. The summed E-state index contributed by atoms with van der Waals surface area (Å²) in [4.78, 5) is 29.2. The molecule has 2 amide bonds. The van der Waals surface area contributed by atoms with Gasteiger partial charge in [-0.1, -0.05) is 85.3 Å². The second-order valence-electron chi connectivity index (χ2n) is 10.0. The first-order valence-corrected chi connectivity index (χ1v) is 15.1. The third-order valence-electron chi connectivity index (χ3n) is 6.66. The van der Waals surface area contributed by atoms with Crippen molar-refractivity contribution in [1.29, 1.82) is 0 Å². The molecule has 0 aliphatic heterocycles. The lowest BCUT2D eigenvalue weighted by Gasteiger charge is -2.34. The first kappa shape index (κ1) is 29.9. The first-order valence-electron chi connectivity index (χ1n) is 13.2. The maximum absolute atomic E-state index is 14.1. The van der Waals surface area contributed by atoms with Crippen molar-refractivity contribution >= 4 is 27.5 Å². The quantitative estimate of drug-likeness (QED) is 0.359. The topological polar surface area (TPSA) is 86.8 Å². The van der Waals surface area contributed by atoms with Crippen molar-refractivity contribution in [2.24, 2.45) is 0 Å². The molecule has 7 nitrogen and oxygen atoms in total. The smallest absolute Gasteiger partial charge is 0.244 e. The lowest BCUT2D eigenvalue weighted by Crippen LogP contribution is -2.53. The molecule has 1 N–H and O–H groups in total. The molecule has 0 saturated heterocycles. The Morgan fingerprint density at radius 1 is 0.846 bits per heavy atom. The summed E-state index contributed by atoms with van der Waals surface area (Å²) in [5.41, 5.74) is 4.83. The average Bonchev–Trinajstić information content (AvgIpc) is 2.89. The number of aryl methyl sites for hydroxylation is 3. The number of para-hydroxylation sites is 1. The largest absolute Gasteiger partial charge is 0.354 e. The van der Waals surface area contributed by atoms with Gasteiger partial charge < -0.3 is 10.2 Å². The number of sulfonamides is 1. The van der Waals surface area contributed by atoms with E-state index in [2.05, 4.69) is 5.32 Å². The van der Waals surface area contributed by atoms with Gasteiger partial charge in [0.05, 0.1) is 11.9 Å². The molecule has 8 heteroatoms. The maximum atomic E-state index is 14.1. The van der Waals surface area contributed by atoms with Crippen LogP contribution in [0.5, 0.6) is 0 Å². The molecule has 39 heavy (non-hydrogen) atoms. The van der Waals surface area contributed by atoms with Gasteiger partial charge in [0.2, 0.25) is 21.8 Å². The van der Waals surface area contributed by atoms with Gasteiger partial charge in [-0.3, -0.25) is 13.9 Å². The third kappa shape index (κ3) is 8.17. The van der Waals surface area contributed by atoms with E-state index in [1.807, 2.05) is 100 Å². The summed E-state index contributed by atoms with van der Waals surface area (Å²) < 4.78 is 27.2. The minimum Gasteiger partial charge on any atom is -0.354 e. The normalized spacial score (nSPS) is 12.0. The zero-order valence-electron chi connectivity index (χ0n) is 23.5. The van der Waals surface area contributed by atoms with E-state index in [9.17, 15) is 18.0 Å². The van der Waals surface area contributed by atoms with Gasteiger partial charge in [0.25, 0.3) is 0 Å². The predicted octanol–water partition coefficient (Wildman–Crippen LogP) is 4.54. The fourth-order valence-electron chi connectivity index (χ4n) is 4.59. The number of rotatable bonds is 12. The number of benzene rings is 3. The van der Waals surface area contributed by atoms with Crippen LogP contribution in [0.1, 0.15) is 41.2 Å². The van der Waals surface area contributed by atoms with Crippen molar-refractivity contribution in [2.45, 2.75) is 53.1 Å². The molecule has 0 aliphatic rings. The Morgan fingerprint density at radius 2 is 1.46 bits per heavy atom. The second-order valence-corrected chi connectivity index (χ2v) is 11.9. The van der Waals surface area contributed by atoms with E-state index < -0.39 is 28.5 Å². The number of nitrogens with one attached hydrogen (secondary N) is 1. The van der Waals surface area contributed by atoms with Gasteiger partial charge in [-0.25, -0.2) is 8.42 Å². The summed E-state index contributed by atoms with van der Waals surface area (Å²) in [5, 5.41) is 2.95. The first-order chi connectivity index (χ1) is 18.5. The SMILES string of the molecule is CCCNC(=O)[C@@H](Cc1ccccc1)N(Cc1ccc(C)cc1)C(=O)CN(c1c(C)cccc1C)S(C)(=O)=O. The van der Waals surface area contributed by atoms with Gasteiger partial charge in [-0.2, -0.15) is 0 Å². The van der Waals surface area contributed by atoms with E-state index in [-0.39, 0.29) is 12.5 Å². The Hall–Kier alpha value is -3.65. The molecule has 0 spiro atoms. The molecule has 0 aliphatic carbocycles. The summed E-state index contributed by atoms with van der Waals surface area (Å²) in [6.07, 6.45) is 2.16. The molecule has 3 rings (SSSR count). The van der Waals surface area contributed by atoms with E-state index in [0.29, 0.717) is 18.7 Å². The van der Waals surface area contributed by atoms with E-state index in [4.69, 9.17) is 0 Å². The Labute approximate surface area is 232 Å². The van der Waals surface area contributed by atoms with Crippen molar-refractivity contribution in [3.8, 4) is 0 Å². The van der Waals surface area contributed by atoms with Crippen molar-refractivity contribution in [3.05, 3.63) is 101 Å². The summed E-state index contributed by atoms with van der Waals surface area (Å²) in [5.74, 6) is -0.713. The van der Waals surface area contributed by atoms with Gasteiger partial charge in [-0.05, 0) is 49.4 Å². The van der Waals surface area contributed by atoms with Crippen LogP contribution in [0.4, 0.5) is 5.69 Å². The number of carbonyl (C=O) groups is 2. The maximum Gasteiger partial charge on any atom is 0.244 e. The zero-order valence-corrected chi connectivity index (χ0v) is 24.3. The number of carbonyl (C=O) groups excluding carboxylic acids is 2. The summed E-state index contributed by atoms with van der Waals surface area (Å²) in [6, 6.07) is 22.0. The lowest BCUT2D eigenvalue weighted by atomic mass is 10.0. The lowest BCUT2D eigenvalue weighted by molar-refractivity contribution is -0.140. The summed E-state index contributed by atoms with van der Waals surface area (Å²) in [7, 11) is -3.80. The Morgan fingerprint density at radius 3 is 2.03 bits per heavy atom. The number of anilines is 1. The molecule has 3 aromatic carbocycles. The van der Waals surface area contributed by atoms with Crippen molar-refractivity contribution < 1.29 is 18.0 Å². The Kier molecular flexibility index (Phi) is 10.3. The van der Waals surface area contributed by atoms with Crippen LogP contribution >= 0.6 is 0 Å². The number of amides is 2. The number of nitrogens with zero attached hydrogens (tertiary/aromatic N) is 2. The van der Waals surface area contributed by atoms with Gasteiger partial charge >= 0.3 is 0 Å². The zero-order chi connectivity index (χ0) is 28.6. The molecule has 1 atom stereocenters. The predicted molar refractivity (Wildman–Crippen MR) is 157 cm³/mol. The van der Waals surface area contributed by atoms with Crippen molar-refractivity contribution in [3.63, 3.8) is 0 Å². The van der Waals surface area contributed by atoms with Crippen molar-refractivity contribution in [2.75, 3.05) is 23.7 Å². The standard InChI is InChI=1S/C31H39N3O4S/c1-6-19-32-31(36)28(20-26-13-8-7-9-14-26)33(21-27-17-15-23(2)16-18-27)29(35)22-34(39(5,37)38)30-24(3)11-10-12-25(30)4/h7-18,28H,6,19-22H2,1-5H3,(H,32,36)/t28-/m1/s1. The highest BCUT2D eigenvalue weighted by molar-refractivity contribution is 7.92. The van der Waals surface area contributed by atoms with E-state index in [1.54, 1.807) is 0 Å². The van der Waals surface area contributed by atoms with Crippen LogP contribution in [-0.4, -0.2) is 50.5 Å². The van der Waals surface area contributed by atoms with Crippen LogP contribution in [0.3, 0.4) is 0 Å². The van der Waals surface area contributed by atoms with Gasteiger partial charge in [0, 0.05) is 19.5 Å². The molecule has 0 unspecified atom stereocenters. The molecule has 0 fully saturated rings. The van der Waals surface area contributed by atoms with Gasteiger partial charge in [0.1, 0.15) is 12.6 Å². The van der Waals surface area contributed by atoms with Crippen LogP contribution < -0.4 is 9.62 Å². The highest BCUT2D eigenvalue weighted by Crippen LogP contribution is 2.27. The monoisotopic (exact) mass is 549 g/mol. The average molecular weight is 550 g/mol. The summed E-state index contributed by atoms with van der Waals surface area (Å²) >= 11 is 0. The molecule has 208 valence electrons. The van der Waals surface area contributed by atoms with Gasteiger partial charge in [0.15, 0.2) is 0 Å². The highest BCUT2D eigenvalue weighted by atomic mass is 32.2. The van der Waals surface area contributed by atoms with E-state index >= 15 is 0 Å². The van der Waals surface area contributed by atoms with E-state index in [0.717, 1.165) is 44.8 Å². The highest BCUT2D eigenvalue weighted by Gasteiger charge is 2.33. The van der Waals surface area contributed by atoms with Gasteiger partial charge in [-0.15, -0.1) is 0 Å². The fraction of sp³-hybridized carbons (Fsp3) is 0.355. The Balaban J connectivity index is 2.07. The molecule has 0 saturated carbocycles. The Bertz CT molecular complexity index is 1350. The number of hydrogen-bond donors (Lipinski definition) is 1. The summed E-state index contributed by atoms with van der Waals surface area (Å²) in [6.45, 7) is 7.84. The van der Waals surface area contributed by atoms with E-state index in [1.165, 1.54) is 4.90 Å². The molecular weight excluding hydrogens is 510 g/mol. The minimum absolute atomic E-state index is 0.167. The molecule has 0 radical (unpaired) electrons. The van der Waals surface area contributed by atoms with Crippen LogP contribution in [0.25, 0.3) is 0 Å². The van der Waals surface area contributed by atoms with Crippen LogP contribution in [0.2, 0.25) is 0 Å². The fourth-order valence-corrected chi connectivity index (χ4v) is 5.55. The van der Waals surface area contributed by atoms with Crippen molar-refractivity contribution in [1.82, 2.24) is 10.2 Å². The second kappa shape index (κ2) is 13.4. The third-order valence-corrected chi connectivity index (χ3v) is 7.77. The van der Waals surface area contributed by atoms with Crippen LogP contribution in [-0.2, 0) is 32.6 Å². The van der Waals surface area contributed by atoms with Crippen LogP contribution in [0.15, 0.2) is 72.8 Å². The minimum atomic E-state index is -3.80. The molecule has 0 heterocycles. The molecule has 0 aromatic heterocycles.